The molecule has 3 heterocycles. The molecule has 2 aromatic rings. The van der Waals surface area contributed by atoms with E-state index in [0.29, 0.717) is 38.7 Å². The van der Waals surface area contributed by atoms with Crippen molar-refractivity contribution in [2.45, 2.75) is 38.8 Å². The Morgan fingerprint density at radius 3 is 2.83 bits per heavy atom. The summed E-state index contributed by atoms with van der Waals surface area (Å²) < 4.78 is 12.2. The first-order chi connectivity index (χ1) is 14.2. The van der Waals surface area contributed by atoms with Crippen LogP contribution in [0.25, 0.3) is 0 Å². The van der Waals surface area contributed by atoms with Crippen molar-refractivity contribution in [3.8, 4) is 0 Å². The van der Waals surface area contributed by atoms with Gasteiger partial charge in [0.2, 0.25) is 0 Å². The molecular weight excluding hydrogens is 501 g/mol. The first-order valence-electron chi connectivity index (χ1n) is 9.97. The van der Waals surface area contributed by atoms with E-state index in [1.54, 1.807) is 15.8 Å². The molecule has 166 valence electrons. The smallest absolute Gasteiger partial charge is 0.409 e. The summed E-state index contributed by atoms with van der Waals surface area (Å²) in [6, 6.07) is 4.07. The molecule has 0 spiro atoms. The maximum Gasteiger partial charge on any atom is 0.409 e. The van der Waals surface area contributed by atoms with Gasteiger partial charge in [0.05, 0.1) is 12.9 Å². The number of furan rings is 1. The highest BCUT2D eigenvalue weighted by molar-refractivity contribution is 14.0. The SMILES string of the molecule is CCOC(=O)N1CCC(NC(=NCc2ncnn2C)NCCc2ccco2)CC1.I. The number of nitrogens with one attached hydrogen (secondary N) is 2. The zero-order valence-electron chi connectivity index (χ0n) is 17.4. The molecule has 0 aromatic carbocycles. The fraction of sp³-hybridized carbons (Fsp3) is 0.579. The van der Waals surface area contributed by atoms with Gasteiger partial charge in [-0.2, -0.15) is 5.10 Å². The van der Waals surface area contributed by atoms with E-state index in [1.807, 2.05) is 26.1 Å². The van der Waals surface area contributed by atoms with Crippen LogP contribution < -0.4 is 10.6 Å². The molecule has 0 aliphatic carbocycles. The number of carbonyl (C=O) groups is 1. The fourth-order valence-corrected chi connectivity index (χ4v) is 3.14. The number of likely N-dealkylation sites (tertiary alicyclic amines) is 1. The standard InChI is InChI=1S/C19H29N7O3.HI/c1-3-28-19(27)26-10-7-15(8-11-26)24-18(20-9-6-16-5-4-12-29-16)21-13-17-22-14-23-25(17)2;/h4-5,12,14-15H,3,6-11,13H2,1-2H3,(H2,20,21,24);1H. The molecular formula is C19H30IN7O3. The van der Waals surface area contributed by atoms with Gasteiger partial charge in [-0.25, -0.2) is 14.8 Å². The lowest BCUT2D eigenvalue weighted by molar-refractivity contribution is 0.0963. The number of hydrogen-bond acceptors (Lipinski definition) is 6. The minimum absolute atomic E-state index is 0. The van der Waals surface area contributed by atoms with E-state index >= 15 is 0 Å². The van der Waals surface area contributed by atoms with Crippen LogP contribution in [0.5, 0.6) is 0 Å². The number of aliphatic imine (C=N–C) groups is 1. The van der Waals surface area contributed by atoms with E-state index < -0.39 is 0 Å². The lowest BCUT2D eigenvalue weighted by Crippen LogP contribution is -2.50. The Bertz CT molecular complexity index is 786. The second-order valence-corrected chi connectivity index (χ2v) is 6.83. The van der Waals surface area contributed by atoms with Gasteiger partial charge in [0.15, 0.2) is 5.96 Å². The Labute approximate surface area is 193 Å². The van der Waals surface area contributed by atoms with Crippen molar-refractivity contribution < 1.29 is 13.9 Å². The summed E-state index contributed by atoms with van der Waals surface area (Å²) in [6.07, 6.45) is 5.39. The monoisotopic (exact) mass is 531 g/mol. The molecule has 30 heavy (non-hydrogen) atoms. The van der Waals surface area contributed by atoms with Crippen molar-refractivity contribution in [3.05, 3.63) is 36.3 Å². The van der Waals surface area contributed by atoms with Crippen molar-refractivity contribution >= 4 is 36.0 Å². The largest absolute Gasteiger partial charge is 0.469 e. The maximum atomic E-state index is 11.9. The number of hydrogen-bond donors (Lipinski definition) is 2. The summed E-state index contributed by atoms with van der Waals surface area (Å²) in [4.78, 5) is 22.5. The van der Waals surface area contributed by atoms with Gasteiger partial charge >= 0.3 is 6.09 Å². The van der Waals surface area contributed by atoms with Gasteiger partial charge in [-0.1, -0.05) is 0 Å². The molecule has 2 N–H and O–H groups in total. The molecule has 3 rings (SSSR count). The van der Waals surface area contributed by atoms with Crippen LogP contribution in [0.4, 0.5) is 4.79 Å². The topological polar surface area (TPSA) is 110 Å². The van der Waals surface area contributed by atoms with Crippen LogP contribution in [-0.4, -0.2) is 64.0 Å². The van der Waals surface area contributed by atoms with Gasteiger partial charge in [0.25, 0.3) is 0 Å². The van der Waals surface area contributed by atoms with Crippen LogP contribution in [0.3, 0.4) is 0 Å². The molecule has 11 heteroatoms. The number of ether oxygens (including phenoxy) is 1. The lowest BCUT2D eigenvalue weighted by atomic mass is 10.1. The average Bonchev–Trinajstić information content (AvgIpc) is 3.38. The zero-order valence-corrected chi connectivity index (χ0v) is 19.7. The fourth-order valence-electron chi connectivity index (χ4n) is 3.14. The van der Waals surface area contributed by atoms with Gasteiger partial charge in [0, 0.05) is 39.1 Å². The molecule has 0 atom stereocenters. The van der Waals surface area contributed by atoms with E-state index in [4.69, 9.17) is 9.15 Å². The molecule has 1 amide bonds. The zero-order chi connectivity index (χ0) is 20.5. The number of amides is 1. The van der Waals surface area contributed by atoms with Gasteiger partial charge in [0.1, 0.15) is 24.5 Å². The van der Waals surface area contributed by atoms with Crippen LogP contribution in [0, 0.1) is 0 Å². The minimum Gasteiger partial charge on any atom is -0.469 e. The van der Waals surface area contributed by atoms with Crippen molar-refractivity contribution in [1.82, 2.24) is 30.3 Å². The number of rotatable bonds is 7. The van der Waals surface area contributed by atoms with Crippen LogP contribution in [0.2, 0.25) is 0 Å². The van der Waals surface area contributed by atoms with E-state index in [2.05, 4.69) is 25.7 Å². The number of aryl methyl sites for hydroxylation is 1. The first kappa shape index (κ1) is 24.0. The normalized spacial score (nSPS) is 14.9. The third kappa shape index (κ3) is 7.18. The van der Waals surface area contributed by atoms with Crippen molar-refractivity contribution in [2.75, 3.05) is 26.2 Å². The summed E-state index contributed by atoms with van der Waals surface area (Å²) in [7, 11) is 1.85. The Hall–Kier alpha value is -2.31. The van der Waals surface area contributed by atoms with Crippen LogP contribution in [-0.2, 0) is 24.8 Å². The molecule has 0 bridgehead atoms. The summed E-state index contributed by atoms with van der Waals surface area (Å²) >= 11 is 0. The van der Waals surface area contributed by atoms with Crippen molar-refractivity contribution in [3.63, 3.8) is 0 Å². The second kappa shape index (κ2) is 12.4. The molecule has 2 aromatic heterocycles. The Balaban J connectivity index is 0.00000320. The summed E-state index contributed by atoms with van der Waals surface area (Å²) in [5, 5.41) is 10.9. The molecule has 1 saturated heterocycles. The number of aromatic nitrogens is 3. The van der Waals surface area contributed by atoms with Gasteiger partial charge in [-0.05, 0) is 31.9 Å². The van der Waals surface area contributed by atoms with Crippen LogP contribution >= 0.6 is 24.0 Å². The quantitative estimate of drug-likeness (QED) is 0.319. The predicted molar refractivity (Wildman–Crippen MR) is 123 cm³/mol. The average molecular weight is 531 g/mol. The van der Waals surface area contributed by atoms with E-state index in [1.165, 1.54) is 6.33 Å². The Kier molecular flexibility index (Phi) is 9.91. The van der Waals surface area contributed by atoms with Crippen molar-refractivity contribution in [1.29, 1.82) is 0 Å². The number of halogens is 1. The summed E-state index contributed by atoms with van der Waals surface area (Å²) in [5.41, 5.74) is 0. The number of nitrogens with zero attached hydrogens (tertiary/aromatic N) is 5. The maximum absolute atomic E-state index is 11.9. The third-order valence-electron chi connectivity index (χ3n) is 4.79. The predicted octanol–water partition coefficient (Wildman–Crippen LogP) is 1.92. The number of carbonyl (C=O) groups excluding carboxylic acids is 1. The minimum atomic E-state index is -0.237. The highest BCUT2D eigenvalue weighted by Gasteiger charge is 2.24. The molecule has 0 saturated carbocycles. The summed E-state index contributed by atoms with van der Waals surface area (Å²) in [6.45, 7) is 4.67. The molecule has 0 radical (unpaired) electrons. The molecule has 0 unspecified atom stereocenters. The van der Waals surface area contributed by atoms with Gasteiger partial charge in [-0.3, -0.25) is 4.68 Å². The van der Waals surface area contributed by atoms with Crippen LogP contribution in [0.15, 0.2) is 34.1 Å². The number of guanidine groups is 1. The lowest BCUT2D eigenvalue weighted by Gasteiger charge is -2.32. The Morgan fingerprint density at radius 1 is 1.40 bits per heavy atom. The van der Waals surface area contributed by atoms with E-state index in [0.717, 1.165) is 30.8 Å². The molecule has 1 aliphatic heterocycles. The van der Waals surface area contributed by atoms with E-state index in [9.17, 15) is 4.79 Å². The summed E-state index contributed by atoms with van der Waals surface area (Å²) in [5.74, 6) is 2.43. The van der Waals surface area contributed by atoms with Gasteiger partial charge in [-0.15, -0.1) is 24.0 Å². The first-order valence-corrected chi connectivity index (χ1v) is 9.97. The highest BCUT2D eigenvalue weighted by Crippen LogP contribution is 2.11. The molecule has 1 aliphatic rings. The van der Waals surface area contributed by atoms with Crippen molar-refractivity contribution in [2.24, 2.45) is 12.0 Å². The second-order valence-electron chi connectivity index (χ2n) is 6.83. The number of piperidine rings is 1. The van der Waals surface area contributed by atoms with Gasteiger partial charge < -0.3 is 24.7 Å². The Morgan fingerprint density at radius 2 is 2.20 bits per heavy atom. The third-order valence-corrected chi connectivity index (χ3v) is 4.79. The molecule has 10 nitrogen and oxygen atoms in total. The highest BCUT2D eigenvalue weighted by atomic mass is 127. The molecule has 1 fully saturated rings. The van der Waals surface area contributed by atoms with E-state index in [-0.39, 0.29) is 36.1 Å². The van der Waals surface area contributed by atoms with Crippen LogP contribution in [0.1, 0.15) is 31.4 Å².